The van der Waals surface area contributed by atoms with Crippen molar-refractivity contribution >= 4 is 38.2 Å². The number of hydrogen-bond donors (Lipinski definition) is 1. The number of fused-ring (bicyclic) bond motifs is 1. The van der Waals surface area contributed by atoms with Gasteiger partial charge in [-0.05, 0) is 67.3 Å². The second-order valence-electron chi connectivity index (χ2n) is 9.56. The predicted octanol–water partition coefficient (Wildman–Crippen LogP) is 4.88. The minimum absolute atomic E-state index is 0.294. The van der Waals surface area contributed by atoms with E-state index in [1.165, 1.54) is 41.9 Å². The second kappa shape index (κ2) is 8.10. The molecule has 0 bridgehead atoms. The Labute approximate surface area is 203 Å². The van der Waals surface area contributed by atoms with Crippen molar-refractivity contribution in [1.82, 2.24) is 24.4 Å². The third-order valence-corrected chi connectivity index (χ3v) is 7.22. The number of nitrogens with one attached hydrogen (secondary N) is 1. The number of pyridine rings is 1. The molecule has 0 radical (unpaired) electrons. The fraction of sp³-hybridized carbons (Fsp3) is 0.320. The molecule has 2 aliphatic rings. The van der Waals surface area contributed by atoms with Gasteiger partial charge in [0, 0.05) is 52.9 Å². The molecule has 4 aromatic rings. The molecule has 0 spiro atoms. The van der Waals surface area contributed by atoms with Gasteiger partial charge in [0.15, 0.2) is 17.3 Å². The van der Waals surface area contributed by atoms with E-state index in [1.807, 2.05) is 0 Å². The summed E-state index contributed by atoms with van der Waals surface area (Å²) in [6.07, 6.45) is 9.37. The van der Waals surface area contributed by atoms with Crippen molar-refractivity contribution in [1.29, 1.82) is 0 Å². The van der Waals surface area contributed by atoms with Crippen molar-refractivity contribution in [2.24, 2.45) is 4.36 Å². The first-order valence-electron chi connectivity index (χ1n) is 11.6. The van der Waals surface area contributed by atoms with Crippen LogP contribution in [0.25, 0.3) is 16.9 Å². The van der Waals surface area contributed by atoms with Gasteiger partial charge in [0.05, 0.1) is 5.39 Å². The number of rotatable bonds is 4. The van der Waals surface area contributed by atoms with E-state index in [4.69, 9.17) is 0 Å². The highest BCUT2D eigenvalue weighted by atomic mass is 32.2. The van der Waals surface area contributed by atoms with E-state index in [0.717, 1.165) is 18.7 Å². The van der Waals surface area contributed by atoms with Gasteiger partial charge in [-0.15, -0.1) is 0 Å². The molecule has 1 atom stereocenters. The first-order valence-corrected chi connectivity index (χ1v) is 13.9. The zero-order valence-electron chi connectivity index (χ0n) is 19.8. The zero-order chi connectivity index (χ0) is 24.3. The standard InChI is InChI=1S/C25H26FN7OS/c1-32-13-16-11-17(10-15-6-4-7-20(32)23(15)16)28-25-27-12-18-19(26)14-33(24(18)30-25)22-9-5-8-21(29-22)31-35(2,3)34/h5,8-12,14,20H,4,6-7,13H2,1-3H3,(H,27,28,30). The average molecular weight is 492 g/mol. The van der Waals surface area contributed by atoms with E-state index in [9.17, 15) is 8.60 Å². The lowest BCUT2D eigenvalue weighted by Crippen LogP contribution is -2.19. The third kappa shape index (κ3) is 4.06. The lowest BCUT2D eigenvalue weighted by molar-refractivity contribution is 0.245. The van der Waals surface area contributed by atoms with Crippen LogP contribution in [0.2, 0.25) is 0 Å². The van der Waals surface area contributed by atoms with Crippen LogP contribution in [0.15, 0.2) is 47.1 Å². The van der Waals surface area contributed by atoms with Crippen LogP contribution < -0.4 is 5.32 Å². The molecule has 1 unspecified atom stereocenters. The normalized spacial score (nSPS) is 17.5. The summed E-state index contributed by atoms with van der Waals surface area (Å²) in [5.41, 5.74) is 5.54. The minimum atomic E-state index is -2.38. The number of aromatic nitrogens is 4. The summed E-state index contributed by atoms with van der Waals surface area (Å²) in [4.78, 5) is 15.9. The monoisotopic (exact) mass is 491 g/mol. The molecule has 6 rings (SSSR count). The van der Waals surface area contributed by atoms with E-state index in [0.29, 0.717) is 34.7 Å². The van der Waals surface area contributed by atoms with E-state index < -0.39 is 15.5 Å². The van der Waals surface area contributed by atoms with Gasteiger partial charge in [0.25, 0.3) is 0 Å². The molecule has 1 aromatic carbocycles. The van der Waals surface area contributed by atoms with Crippen molar-refractivity contribution in [2.75, 3.05) is 24.9 Å². The molecule has 180 valence electrons. The van der Waals surface area contributed by atoms with Crippen molar-refractivity contribution in [3.8, 4) is 5.82 Å². The van der Waals surface area contributed by atoms with E-state index in [-0.39, 0.29) is 0 Å². The molecule has 10 heteroatoms. The lowest BCUT2D eigenvalue weighted by Gasteiger charge is -2.26. The highest BCUT2D eigenvalue weighted by molar-refractivity contribution is 7.92. The van der Waals surface area contributed by atoms with Gasteiger partial charge >= 0.3 is 0 Å². The second-order valence-corrected chi connectivity index (χ2v) is 12.1. The molecule has 4 heterocycles. The highest BCUT2D eigenvalue weighted by Gasteiger charge is 2.32. The number of benzene rings is 1. The van der Waals surface area contributed by atoms with Crippen LogP contribution in [0.4, 0.5) is 21.8 Å². The van der Waals surface area contributed by atoms with Gasteiger partial charge in [-0.25, -0.2) is 18.6 Å². The Morgan fingerprint density at radius 1 is 1.20 bits per heavy atom. The van der Waals surface area contributed by atoms with Gasteiger partial charge in [-0.1, -0.05) is 6.07 Å². The molecule has 35 heavy (non-hydrogen) atoms. The fourth-order valence-corrected chi connectivity index (χ4v) is 5.77. The quantitative estimate of drug-likeness (QED) is 0.438. The molecule has 8 nitrogen and oxygen atoms in total. The zero-order valence-corrected chi connectivity index (χ0v) is 20.6. The fourth-order valence-electron chi connectivity index (χ4n) is 5.22. The molecule has 0 saturated heterocycles. The Hall–Kier alpha value is -3.37. The number of hydrogen-bond acceptors (Lipinski definition) is 7. The molecular weight excluding hydrogens is 465 g/mol. The Morgan fingerprint density at radius 3 is 2.86 bits per heavy atom. The van der Waals surface area contributed by atoms with Crippen LogP contribution >= 0.6 is 0 Å². The maximum Gasteiger partial charge on any atom is 0.229 e. The van der Waals surface area contributed by atoms with Crippen LogP contribution in [0.5, 0.6) is 0 Å². The SMILES string of the molecule is CN1Cc2cc(Nc3ncc4c(F)cn(-c5cccc(N=S(C)(C)=O)n5)c4n3)cc3c2C1CCC3. The van der Waals surface area contributed by atoms with Crippen LogP contribution in [0.3, 0.4) is 0 Å². The average Bonchev–Trinajstić information content (AvgIpc) is 3.30. The molecule has 1 aliphatic carbocycles. The lowest BCUT2D eigenvalue weighted by atomic mass is 9.86. The van der Waals surface area contributed by atoms with E-state index >= 15 is 0 Å². The summed E-state index contributed by atoms with van der Waals surface area (Å²) < 4.78 is 32.5. The molecular formula is C25H26FN7OS. The predicted molar refractivity (Wildman–Crippen MR) is 136 cm³/mol. The molecule has 0 amide bonds. The summed E-state index contributed by atoms with van der Waals surface area (Å²) in [5, 5.41) is 3.63. The van der Waals surface area contributed by atoms with Gasteiger partial charge in [-0.2, -0.15) is 9.35 Å². The minimum Gasteiger partial charge on any atom is -0.324 e. The Kier molecular flexibility index (Phi) is 5.12. The van der Waals surface area contributed by atoms with Crippen molar-refractivity contribution in [3.63, 3.8) is 0 Å². The molecule has 0 saturated carbocycles. The molecule has 0 fully saturated rings. The first kappa shape index (κ1) is 22.1. The summed E-state index contributed by atoms with van der Waals surface area (Å²) in [6.45, 7) is 0.936. The molecule has 1 N–H and O–H groups in total. The molecule has 3 aromatic heterocycles. The Bertz CT molecular complexity index is 1600. The van der Waals surface area contributed by atoms with Crippen molar-refractivity contribution < 1.29 is 8.60 Å². The van der Waals surface area contributed by atoms with E-state index in [1.54, 1.807) is 35.3 Å². The number of nitrogens with zero attached hydrogens (tertiary/aromatic N) is 6. The maximum absolute atomic E-state index is 14.7. The van der Waals surface area contributed by atoms with Gasteiger partial charge in [0.1, 0.15) is 5.82 Å². The number of halogens is 1. The largest absolute Gasteiger partial charge is 0.324 e. The smallest absolute Gasteiger partial charge is 0.229 e. The van der Waals surface area contributed by atoms with Crippen LogP contribution in [-0.4, -0.2) is 48.2 Å². The topological polar surface area (TPSA) is 88.3 Å². The van der Waals surface area contributed by atoms with Gasteiger partial charge in [0.2, 0.25) is 5.95 Å². The number of aryl methyl sites for hydroxylation is 1. The van der Waals surface area contributed by atoms with Crippen molar-refractivity contribution in [2.45, 2.75) is 31.8 Å². The summed E-state index contributed by atoms with van der Waals surface area (Å²) >= 11 is 0. The Morgan fingerprint density at radius 2 is 2.03 bits per heavy atom. The summed E-state index contributed by atoms with van der Waals surface area (Å²) in [7, 11) is -0.194. The van der Waals surface area contributed by atoms with Crippen LogP contribution in [-0.2, 0) is 22.7 Å². The summed E-state index contributed by atoms with van der Waals surface area (Å²) in [6, 6.07) is 10.0. The highest BCUT2D eigenvalue weighted by Crippen LogP contribution is 2.43. The van der Waals surface area contributed by atoms with Gasteiger partial charge < -0.3 is 5.32 Å². The third-order valence-electron chi connectivity index (χ3n) is 6.59. The first-order chi connectivity index (χ1) is 16.7. The Balaban J connectivity index is 1.39. The van der Waals surface area contributed by atoms with E-state index in [2.05, 4.69) is 48.7 Å². The van der Waals surface area contributed by atoms with Gasteiger partial charge in [-0.3, -0.25) is 9.47 Å². The maximum atomic E-state index is 14.7. The summed E-state index contributed by atoms with van der Waals surface area (Å²) in [5.74, 6) is 0.697. The van der Waals surface area contributed by atoms with Crippen molar-refractivity contribution in [3.05, 3.63) is 65.2 Å². The molecule has 1 aliphatic heterocycles. The number of anilines is 2. The van der Waals surface area contributed by atoms with Crippen LogP contribution in [0, 0.1) is 5.82 Å². The van der Waals surface area contributed by atoms with Crippen LogP contribution in [0.1, 0.15) is 35.6 Å².